The first kappa shape index (κ1) is 66.5. The van der Waals surface area contributed by atoms with Crippen molar-refractivity contribution in [2.24, 2.45) is 0 Å². The molecular weight excluding hydrogens is 1340 g/mol. The lowest BCUT2D eigenvalue weighted by atomic mass is 9.87. The number of likely N-dealkylation sites (N-methyl/N-ethyl adjacent to an activating group) is 1. The zero-order valence-electron chi connectivity index (χ0n) is 48.2. The highest BCUT2D eigenvalue weighted by Crippen LogP contribution is 2.45. The number of aromatic amines is 1. The molecule has 7 atom stereocenters. The maximum Gasteiger partial charge on any atom is 0.330 e. The molecule has 5 heterocycles. The lowest BCUT2D eigenvalue weighted by Crippen LogP contribution is -2.56. The number of ketones is 1. The third-order valence-corrected chi connectivity index (χ3v) is 17.5. The standard InChI is InChI=1S/C64H51Cl6N7O16/c1-26(78)24-64(92,34-22-43(69)56(83)44(70)23-34)63(91)72-46-20-33-25-71-45-19-29(7-12-37(33)45)38-14-30-21-48(53(38)80)93-36-10-3-27(4-11-36)13-47(58(85)76-52(62(89)90)28-5-8-35(79)9-6-28)77(2)61(88)51(32-17-41(67)55(82)42(68)18-32)75-60(87)49(30)74-59(86)50(73-57(46)84)31-15-39(65)54(81)40(66)16-31/h3-12,14-19,21-23,25,46-47,49-52,71,79-83,92H,13,20,24H2,1-2H3,(H,72,91)(H,73,84)(H,74,86)(H,75,87)(H,76,85)(H,89,90). The summed E-state index contributed by atoms with van der Waals surface area (Å²) in [4.78, 5) is 122. The summed E-state index contributed by atoms with van der Waals surface area (Å²) in [5.41, 5.74) is -2.56. The minimum absolute atomic E-state index is 0.0194. The Balaban J connectivity index is 1.16. The van der Waals surface area contributed by atoms with Crippen molar-refractivity contribution in [3.8, 4) is 51.4 Å². The second kappa shape index (κ2) is 26.6. The number of benzene rings is 7. The van der Waals surface area contributed by atoms with Crippen molar-refractivity contribution in [3.63, 3.8) is 0 Å². The first-order valence-corrected chi connectivity index (χ1v) is 30.1. The number of aliphatic hydroxyl groups is 1. The van der Waals surface area contributed by atoms with Crippen LogP contribution < -0.4 is 31.3 Å². The SMILES string of the molecule is CC(=O)CC(O)(C(=O)NC1Cc2c[nH]c3cc(ccc23)-c2cc3cc(c2O)Oc2ccc(cc2)CC(C(=O)NC(C(=O)O)c2ccc(O)cc2)N(C)C(=O)C(c2cc(Cl)c(O)c(Cl)c2)NC(=O)C3NC(=O)C(c2cc(Cl)c(O)c(Cl)c2)NC1=O)c1cc(Cl)c(O)c(Cl)c1. The van der Waals surface area contributed by atoms with Gasteiger partial charge in [0, 0.05) is 49.0 Å². The second-order valence-corrected chi connectivity index (χ2v) is 24.5. The first-order valence-electron chi connectivity index (χ1n) is 27.8. The molecule has 0 spiro atoms. The zero-order valence-corrected chi connectivity index (χ0v) is 52.7. The van der Waals surface area contributed by atoms with Crippen molar-refractivity contribution in [2.45, 2.75) is 68.0 Å². The summed E-state index contributed by atoms with van der Waals surface area (Å²) in [6, 6.07) is 13.0. The lowest BCUT2D eigenvalue weighted by molar-refractivity contribution is -0.147. The molecule has 480 valence electrons. The van der Waals surface area contributed by atoms with Gasteiger partial charge in [-0.25, -0.2) is 4.79 Å². The van der Waals surface area contributed by atoms with Crippen LogP contribution in [0.5, 0.6) is 40.2 Å². The number of aromatic hydroxyl groups is 5. The van der Waals surface area contributed by atoms with Crippen molar-refractivity contribution >= 4 is 128 Å². The number of hydrogen-bond acceptors (Lipinski definition) is 15. The van der Waals surface area contributed by atoms with Crippen LogP contribution in [0, 0.1) is 0 Å². The van der Waals surface area contributed by atoms with E-state index in [4.69, 9.17) is 74.3 Å². The number of rotatable bonds is 11. The van der Waals surface area contributed by atoms with E-state index in [-0.39, 0.29) is 62.6 Å². The maximum absolute atomic E-state index is 15.9. The molecule has 23 nitrogen and oxygen atoms in total. The number of phenols is 5. The molecule has 6 amide bonds. The van der Waals surface area contributed by atoms with E-state index in [9.17, 15) is 54.9 Å². The Hall–Kier alpha value is -9.46. The Bertz CT molecular complexity index is 4350. The Morgan fingerprint density at radius 1 is 0.645 bits per heavy atom. The molecule has 9 bridgehead atoms. The molecule has 29 heteroatoms. The van der Waals surface area contributed by atoms with Gasteiger partial charge in [0.15, 0.2) is 40.4 Å². The number of ether oxygens (including phenoxy) is 1. The van der Waals surface area contributed by atoms with E-state index < -0.39 is 155 Å². The summed E-state index contributed by atoms with van der Waals surface area (Å²) < 4.78 is 6.38. The van der Waals surface area contributed by atoms with E-state index in [1.165, 1.54) is 73.9 Å². The smallest absolute Gasteiger partial charge is 0.330 e. The van der Waals surface area contributed by atoms with Gasteiger partial charge in [-0.05, 0) is 130 Å². The van der Waals surface area contributed by atoms with E-state index >= 15 is 19.2 Å². The molecule has 1 aromatic heterocycles. The minimum atomic E-state index is -2.85. The highest BCUT2D eigenvalue weighted by atomic mass is 35.5. The lowest BCUT2D eigenvalue weighted by Gasteiger charge is -2.33. The van der Waals surface area contributed by atoms with E-state index in [1.54, 1.807) is 18.2 Å². The summed E-state index contributed by atoms with van der Waals surface area (Å²) >= 11 is 38.5. The molecular formula is C64H51Cl6N7O16. The van der Waals surface area contributed by atoms with Gasteiger partial charge in [0.1, 0.15) is 47.5 Å². The number of carbonyl (C=O) groups is 8. The Morgan fingerprint density at radius 3 is 1.73 bits per heavy atom. The summed E-state index contributed by atoms with van der Waals surface area (Å²) in [6.45, 7) is 1.07. The van der Waals surface area contributed by atoms with E-state index in [1.807, 2.05) is 0 Å². The van der Waals surface area contributed by atoms with Crippen molar-refractivity contribution in [3.05, 3.63) is 191 Å². The normalized spacial score (nSPS) is 18.7. The Morgan fingerprint density at radius 2 is 1.17 bits per heavy atom. The zero-order chi connectivity index (χ0) is 67.2. The van der Waals surface area contributed by atoms with Crippen LogP contribution >= 0.6 is 69.6 Å². The van der Waals surface area contributed by atoms with Gasteiger partial charge >= 0.3 is 5.97 Å². The predicted molar refractivity (Wildman–Crippen MR) is 341 cm³/mol. The van der Waals surface area contributed by atoms with Crippen LogP contribution in [0.4, 0.5) is 0 Å². The third-order valence-electron chi connectivity index (χ3n) is 15.8. The number of hydrogen-bond donors (Lipinski definition) is 13. The molecule has 0 radical (unpaired) electrons. The van der Waals surface area contributed by atoms with Crippen molar-refractivity contribution in [2.75, 3.05) is 7.05 Å². The Labute approximate surface area is 556 Å². The number of aromatic nitrogens is 1. The molecule has 8 aromatic rings. The molecule has 0 aliphatic carbocycles. The largest absolute Gasteiger partial charge is 0.508 e. The molecule has 13 N–H and O–H groups in total. The van der Waals surface area contributed by atoms with Gasteiger partial charge in [-0.2, -0.15) is 0 Å². The number of nitrogens with one attached hydrogen (secondary N) is 6. The molecule has 93 heavy (non-hydrogen) atoms. The summed E-state index contributed by atoms with van der Waals surface area (Å²) in [7, 11) is 1.18. The van der Waals surface area contributed by atoms with Gasteiger partial charge in [0.2, 0.25) is 29.5 Å². The quantitative estimate of drug-likeness (QED) is 0.0574. The fourth-order valence-corrected chi connectivity index (χ4v) is 12.4. The number of nitrogens with zero attached hydrogens (tertiary/aromatic N) is 1. The fourth-order valence-electron chi connectivity index (χ4n) is 10.9. The number of amides is 6. The van der Waals surface area contributed by atoms with Crippen LogP contribution in [0.25, 0.3) is 22.0 Å². The van der Waals surface area contributed by atoms with Gasteiger partial charge in [-0.3, -0.25) is 33.6 Å². The van der Waals surface area contributed by atoms with Crippen LogP contribution in [0.15, 0.2) is 121 Å². The molecule has 0 fully saturated rings. The van der Waals surface area contributed by atoms with Crippen LogP contribution in [0.3, 0.4) is 0 Å². The molecule has 7 unspecified atom stereocenters. The second-order valence-electron chi connectivity index (χ2n) is 22.0. The molecule has 12 rings (SSSR count). The fraction of sp³-hybridized carbons (Fsp3) is 0.188. The summed E-state index contributed by atoms with van der Waals surface area (Å²) in [5.74, 6) is -12.4. The van der Waals surface area contributed by atoms with E-state index in [0.29, 0.717) is 22.0 Å². The van der Waals surface area contributed by atoms with E-state index in [2.05, 4.69) is 31.6 Å². The number of carboxylic acids is 1. The number of Topliss-reactive ketones (excluding diaryl/α,β-unsaturated/α-hetero) is 1. The average Bonchev–Trinajstić information content (AvgIpc) is 1.78. The summed E-state index contributed by atoms with van der Waals surface area (Å²) in [5, 5.41) is 87.6. The van der Waals surface area contributed by atoms with Crippen LogP contribution in [0.2, 0.25) is 30.1 Å². The predicted octanol–water partition coefficient (Wildman–Crippen LogP) is 9.18. The molecule has 7 aromatic carbocycles. The number of phenolic OH excluding ortho intramolecular Hbond substituents is 5. The average molecular weight is 1390 g/mol. The number of fused-ring (bicyclic) bond motifs is 15. The third kappa shape index (κ3) is 13.7. The number of carbonyl (C=O) groups excluding carboxylic acids is 7. The molecule has 0 saturated carbocycles. The van der Waals surface area contributed by atoms with Crippen molar-refractivity contribution in [1.82, 2.24) is 36.5 Å². The van der Waals surface area contributed by atoms with Gasteiger partial charge < -0.3 is 77.0 Å². The maximum atomic E-state index is 15.9. The number of aliphatic carboxylic acids is 1. The molecule has 4 aliphatic heterocycles. The highest BCUT2D eigenvalue weighted by molar-refractivity contribution is 6.38. The molecule has 4 aliphatic rings. The van der Waals surface area contributed by atoms with Crippen LogP contribution in [0.1, 0.15) is 76.5 Å². The number of H-pyrrole nitrogens is 1. The molecule has 0 saturated heterocycles. The van der Waals surface area contributed by atoms with Crippen molar-refractivity contribution < 1.29 is 78.8 Å². The van der Waals surface area contributed by atoms with Crippen molar-refractivity contribution in [1.29, 1.82) is 0 Å². The monoisotopic (exact) mass is 1380 g/mol. The van der Waals surface area contributed by atoms with Gasteiger partial charge in [-0.1, -0.05) is 106 Å². The van der Waals surface area contributed by atoms with Gasteiger partial charge in [0.25, 0.3) is 5.91 Å². The minimum Gasteiger partial charge on any atom is -0.508 e. The summed E-state index contributed by atoms with van der Waals surface area (Å²) in [6.07, 6.45) is -0.220. The first-order chi connectivity index (χ1) is 44.0. The van der Waals surface area contributed by atoms with Crippen LogP contribution in [-0.2, 0) is 56.8 Å². The van der Waals surface area contributed by atoms with E-state index in [0.717, 1.165) is 48.2 Å². The van der Waals surface area contributed by atoms with Gasteiger partial charge in [0.05, 0.1) is 30.1 Å². The highest BCUT2D eigenvalue weighted by Gasteiger charge is 2.44. The Kier molecular flexibility index (Phi) is 19.0. The topological polar surface area (TPSA) is 367 Å². The number of halogens is 6. The number of carboxylic acid groups (broad SMARTS) is 1. The van der Waals surface area contributed by atoms with Gasteiger partial charge in [-0.15, -0.1) is 0 Å². The van der Waals surface area contributed by atoms with Crippen LogP contribution in [-0.4, -0.2) is 112 Å².